The molecule has 1 fully saturated rings. The largest absolute Gasteiger partial charge is 0.496 e. The summed E-state index contributed by atoms with van der Waals surface area (Å²) in [5.74, 6) is 1.59. The van der Waals surface area contributed by atoms with E-state index in [0.29, 0.717) is 25.5 Å². The fraction of sp³-hybridized carbons (Fsp3) is 0.370. The Morgan fingerprint density at radius 3 is 2.81 bits per heavy atom. The first kappa shape index (κ1) is 23.0. The average Bonchev–Trinajstić information content (AvgIpc) is 3.62. The number of fused-ring (bicyclic) bond motifs is 3. The molecule has 0 bridgehead atoms. The highest BCUT2D eigenvalue weighted by atomic mass is 32.1. The van der Waals surface area contributed by atoms with E-state index in [0.717, 1.165) is 51.8 Å². The molecule has 4 aromatic rings. The summed E-state index contributed by atoms with van der Waals surface area (Å²) in [6.07, 6.45) is 5.36. The molecule has 6 rings (SSSR count). The number of ether oxygens (including phenoxy) is 2. The lowest BCUT2D eigenvalue weighted by molar-refractivity contribution is -0.0373. The molecule has 1 aromatic carbocycles. The van der Waals surface area contributed by atoms with Crippen LogP contribution >= 0.6 is 11.3 Å². The van der Waals surface area contributed by atoms with Gasteiger partial charge in [-0.25, -0.2) is 4.98 Å². The van der Waals surface area contributed by atoms with Crippen molar-refractivity contribution in [3.63, 3.8) is 0 Å². The first-order valence-corrected chi connectivity index (χ1v) is 13.0. The number of nitrogens with zero attached hydrogens (tertiary/aromatic N) is 5. The molecule has 3 aromatic heterocycles. The van der Waals surface area contributed by atoms with E-state index in [1.54, 1.807) is 23.1 Å². The molecule has 36 heavy (non-hydrogen) atoms. The van der Waals surface area contributed by atoms with E-state index in [2.05, 4.69) is 41.7 Å². The number of imidazole rings is 1. The number of thiophene rings is 1. The van der Waals surface area contributed by atoms with Crippen molar-refractivity contribution in [3.8, 4) is 33.3 Å². The number of hydrogen-bond acceptors (Lipinski definition) is 6. The quantitative estimate of drug-likeness (QED) is 0.414. The number of benzene rings is 1. The minimum Gasteiger partial charge on any atom is -0.496 e. The van der Waals surface area contributed by atoms with Crippen molar-refractivity contribution in [1.29, 1.82) is 0 Å². The van der Waals surface area contributed by atoms with Gasteiger partial charge in [-0.05, 0) is 55.8 Å². The SMILES string of the molecule is COc1cc2c(cc1-c1cnn(C)c1)-n1c(-c3cccs3)nc(C(=O)N3CCOCC3(C)C)c1CC2. The van der Waals surface area contributed by atoms with E-state index in [1.807, 2.05) is 35.8 Å². The maximum absolute atomic E-state index is 13.9. The van der Waals surface area contributed by atoms with E-state index >= 15 is 0 Å². The topological polar surface area (TPSA) is 74.4 Å². The van der Waals surface area contributed by atoms with Crippen molar-refractivity contribution in [2.24, 2.45) is 7.05 Å². The van der Waals surface area contributed by atoms with Gasteiger partial charge in [-0.2, -0.15) is 5.10 Å². The summed E-state index contributed by atoms with van der Waals surface area (Å²) in [4.78, 5) is 21.9. The second kappa shape index (κ2) is 8.60. The molecule has 186 valence electrons. The fourth-order valence-electron chi connectivity index (χ4n) is 5.28. The van der Waals surface area contributed by atoms with Crippen LogP contribution in [-0.4, -0.2) is 62.5 Å². The van der Waals surface area contributed by atoms with Crippen LogP contribution in [0.25, 0.3) is 27.5 Å². The van der Waals surface area contributed by atoms with E-state index in [-0.39, 0.29) is 11.4 Å². The average molecular weight is 504 g/mol. The van der Waals surface area contributed by atoms with Crippen LogP contribution in [0.5, 0.6) is 5.75 Å². The molecule has 5 heterocycles. The van der Waals surface area contributed by atoms with Gasteiger partial charge < -0.3 is 14.4 Å². The number of rotatable bonds is 4. The van der Waals surface area contributed by atoms with Gasteiger partial charge in [-0.3, -0.25) is 14.0 Å². The Labute approximate surface area is 214 Å². The summed E-state index contributed by atoms with van der Waals surface area (Å²) in [5, 5.41) is 6.40. The van der Waals surface area contributed by atoms with Gasteiger partial charge in [0.05, 0.1) is 48.3 Å². The third kappa shape index (κ3) is 3.65. The van der Waals surface area contributed by atoms with Gasteiger partial charge in [0.25, 0.3) is 5.91 Å². The minimum atomic E-state index is -0.387. The lowest BCUT2D eigenvalue weighted by Gasteiger charge is -2.41. The molecular weight excluding hydrogens is 474 g/mol. The molecule has 0 saturated carbocycles. The van der Waals surface area contributed by atoms with Crippen LogP contribution in [0.3, 0.4) is 0 Å². The van der Waals surface area contributed by atoms with Gasteiger partial charge in [0, 0.05) is 30.9 Å². The van der Waals surface area contributed by atoms with Gasteiger partial charge in [-0.1, -0.05) is 6.07 Å². The fourth-order valence-corrected chi connectivity index (χ4v) is 5.98. The van der Waals surface area contributed by atoms with Gasteiger partial charge in [0.15, 0.2) is 11.5 Å². The van der Waals surface area contributed by atoms with Crippen LogP contribution in [0, 0.1) is 0 Å². The van der Waals surface area contributed by atoms with Crippen LogP contribution in [0.15, 0.2) is 42.0 Å². The minimum absolute atomic E-state index is 0.0284. The Hall–Kier alpha value is -3.43. The predicted molar refractivity (Wildman–Crippen MR) is 139 cm³/mol. The number of aryl methyl sites for hydroxylation is 2. The number of methoxy groups -OCH3 is 1. The second-order valence-corrected chi connectivity index (χ2v) is 10.9. The number of carbonyl (C=O) groups is 1. The Morgan fingerprint density at radius 2 is 2.11 bits per heavy atom. The molecule has 9 heteroatoms. The maximum atomic E-state index is 13.9. The lowest BCUT2D eigenvalue weighted by atomic mass is 9.95. The zero-order chi connectivity index (χ0) is 25.0. The molecule has 0 radical (unpaired) electrons. The molecule has 1 saturated heterocycles. The molecule has 0 spiro atoms. The molecule has 0 N–H and O–H groups in total. The molecular formula is C27H29N5O3S. The first-order valence-electron chi connectivity index (χ1n) is 12.1. The van der Waals surface area contributed by atoms with Crippen LogP contribution in [0.2, 0.25) is 0 Å². The van der Waals surface area contributed by atoms with Gasteiger partial charge in [0.2, 0.25) is 0 Å². The Bertz CT molecular complexity index is 1450. The Kier molecular flexibility index (Phi) is 5.49. The van der Waals surface area contributed by atoms with E-state index in [1.165, 1.54) is 5.56 Å². The van der Waals surface area contributed by atoms with Crippen LogP contribution in [0.1, 0.15) is 35.6 Å². The molecule has 0 atom stereocenters. The highest BCUT2D eigenvalue weighted by molar-refractivity contribution is 7.13. The van der Waals surface area contributed by atoms with Crippen molar-refractivity contribution in [1.82, 2.24) is 24.2 Å². The van der Waals surface area contributed by atoms with Crippen molar-refractivity contribution in [2.45, 2.75) is 32.2 Å². The smallest absolute Gasteiger partial charge is 0.274 e. The van der Waals surface area contributed by atoms with Crippen molar-refractivity contribution >= 4 is 17.2 Å². The van der Waals surface area contributed by atoms with Gasteiger partial charge in [-0.15, -0.1) is 11.3 Å². The lowest BCUT2D eigenvalue weighted by Crippen LogP contribution is -2.55. The van der Waals surface area contributed by atoms with E-state index in [9.17, 15) is 4.79 Å². The number of amides is 1. The van der Waals surface area contributed by atoms with Gasteiger partial charge >= 0.3 is 0 Å². The van der Waals surface area contributed by atoms with E-state index < -0.39 is 0 Å². The first-order chi connectivity index (χ1) is 17.4. The van der Waals surface area contributed by atoms with Crippen molar-refractivity contribution in [2.75, 3.05) is 26.9 Å². The molecule has 0 unspecified atom stereocenters. The summed E-state index contributed by atoms with van der Waals surface area (Å²) < 4.78 is 15.4. The monoisotopic (exact) mass is 503 g/mol. The third-order valence-electron chi connectivity index (χ3n) is 7.10. The summed E-state index contributed by atoms with van der Waals surface area (Å²) in [6.45, 7) is 5.72. The standard InChI is InChI=1S/C27H29N5O3S/c1-27(2)16-35-10-9-31(27)26(33)24-20-8-7-17-12-22(34-4)19(18-14-28-30(3)15-18)13-21(17)32(20)25(29-24)23-6-5-11-36-23/h5-6,11-15H,7-10,16H2,1-4H3. The second-order valence-electron chi connectivity index (χ2n) is 9.95. The van der Waals surface area contributed by atoms with Crippen molar-refractivity contribution in [3.05, 3.63) is 59.0 Å². The number of carbonyl (C=O) groups excluding carboxylic acids is 1. The zero-order valence-electron chi connectivity index (χ0n) is 20.9. The molecule has 1 amide bonds. The Balaban J connectivity index is 1.55. The molecule has 0 aliphatic carbocycles. The van der Waals surface area contributed by atoms with Crippen LogP contribution < -0.4 is 4.74 Å². The highest BCUT2D eigenvalue weighted by Crippen LogP contribution is 2.41. The molecule has 2 aliphatic rings. The van der Waals surface area contributed by atoms with Gasteiger partial charge in [0.1, 0.15) is 5.75 Å². The van der Waals surface area contributed by atoms with Crippen LogP contribution in [-0.2, 0) is 24.6 Å². The third-order valence-corrected chi connectivity index (χ3v) is 7.96. The number of morpholine rings is 1. The summed E-state index contributed by atoms with van der Waals surface area (Å²) in [6, 6.07) is 8.35. The Morgan fingerprint density at radius 1 is 1.25 bits per heavy atom. The normalized spacial score (nSPS) is 16.5. The van der Waals surface area contributed by atoms with Crippen LogP contribution in [0.4, 0.5) is 0 Å². The maximum Gasteiger partial charge on any atom is 0.274 e. The van der Waals surface area contributed by atoms with E-state index in [4.69, 9.17) is 14.5 Å². The zero-order valence-corrected chi connectivity index (χ0v) is 21.8. The number of aromatic nitrogens is 4. The van der Waals surface area contributed by atoms with Crippen molar-refractivity contribution < 1.29 is 14.3 Å². The highest BCUT2D eigenvalue weighted by Gasteiger charge is 2.38. The summed E-state index contributed by atoms with van der Waals surface area (Å²) in [7, 11) is 3.60. The number of hydrogen-bond donors (Lipinski definition) is 0. The molecule has 8 nitrogen and oxygen atoms in total. The molecule has 2 aliphatic heterocycles. The summed E-state index contributed by atoms with van der Waals surface area (Å²) >= 11 is 1.63. The summed E-state index contributed by atoms with van der Waals surface area (Å²) in [5.41, 5.74) is 5.26. The predicted octanol–water partition coefficient (Wildman–Crippen LogP) is 4.36.